The molecule has 0 bridgehead atoms. The van der Waals surface area contributed by atoms with Gasteiger partial charge in [0.1, 0.15) is 6.10 Å². The van der Waals surface area contributed by atoms with Crippen molar-refractivity contribution in [1.29, 1.82) is 0 Å². The molecule has 2 unspecified atom stereocenters. The van der Waals surface area contributed by atoms with Gasteiger partial charge in [-0.25, -0.2) is 0 Å². The molecule has 1 heterocycles. The van der Waals surface area contributed by atoms with Gasteiger partial charge in [-0.2, -0.15) is 0 Å². The number of ketones is 2. The molecule has 0 saturated carbocycles. The van der Waals surface area contributed by atoms with Crippen molar-refractivity contribution in [2.24, 2.45) is 0 Å². The van der Waals surface area contributed by atoms with E-state index in [1.54, 1.807) is 11.8 Å². The predicted octanol–water partition coefficient (Wildman–Crippen LogP) is 4.66. The fraction of sp³-hybridized carbons (Fsp3) is 0.304. The van der Waals surface area contributed by atoms with Crippen LogP contribution in [0.5, 0.6) is 0 Å². The molecule has 1 saturated heterocycles. The Labute approximate surface area is 167 Å². The lowest BCUT2D eigenvalue weighted by molar-refractivity contribution is -0.148. The smallest absolute Gasteiger partial charge is 0.187 e. The number of benzene rings is 2. The Morgan fingerprint density at radius 1 is 1.07 bits per heavy atom. The van der Waals surface area contributed by atoms with Gasteiger partial charge in [0.15, 0.2) is 17.4 Å². The Morgan fingerprint density at radius 3 is 2.61 bits per heavy atom. The zero-order chi connectivity index (χ0) is 19.5. The first kappa shape index (κ1) is 17.9. The molecule has 0 radical (unpaired) electrons. The maximum absolute atomic E-state index is 12.6. The van der Waals surface area contributed by atoms with Gasteiger partial charge < -0.3 is 9.47 Å². The van der Waals surface area contributed by atoms with Crippen molar-refractivity contribution in [2.45, 2.75) is 48.9 Å². The zero-order valence-electron chi connectivity index (χ0n) is 15.7. The van der Waals surface area contributed by atoms with Crippen molar-refractivity contribution in [3.63, 3.8) is 0 Å². The number of carbonyl (C=O) groups excluding carboxylic acids is 2. The van der Waals surface area contributed by atoms with Gasteiger partial charge in [-0.1, -0.05) is 18.2 Å². The van der Waals surface area contributed by atoms with Gasteiger partial charge >= 0.3 is 0 Å². The van der Waals surface area contributed by atoms with E-state index >= 15 is 0 Å². The second kappa shape index (κ2) is 6.41. The van der Waals surface area contributed by atoms with E-state index in [1.165, 1.54) is 12.2 Å². The zero-order valence-corrected chi connectivity index (χ0v) is 16.5. The first-order valence-electron chi connectivity index (χ1n) is 9.42. The van der Waals surface area contributed by atoms with Crippen LogP contribution in [0.25, 0.3) is 0 Å². The summed E-state index contributed by atoms with van der Waals surface area (Å²) in [4.78, 5) is 26.3. The SMILES string of the molecule is CC1(C)OC2Cc3c4c(cc(CSc5ccccc5)c3C2O1)C(=O)C=CC4=O. The van der Waals surface area contributed by atoms with Crippen molar-refractivity contribution < 1.29 is 19.1 Å². The summed E-state index contributed by atoms with van der Waals surface area (Å²) in [7, 11) is 0. The number of allylic oxidation sites excluding steroid dienone is 2. The Balaban J connectivity index is 1.61. The molecule has 3 aliphatic rings. The van der Waals surface area contributed by atoms with E-state index in [4.69, 9.17) is 9.47 Å². The summed E-state index contributed by atoms with van der Waals surface area (Å²) in [6, 6.07) is 12.1. The molecule has 0 aromatic heterocycles. The predicted molar refractivity (Wildman–Crippen MR) is 107 cm³/mol. The fourth-order valence-electron chi connectivity index (χ4n) is 4.41. The molecule has 5 rings (SSSR count). The molecular formula is C23H20O4S. The molecule has 0 spiro atoms. The molecule has 1 fully saturated rings. The summed E-state index contributed by atoms with van der Waals surface area (Å²) in [6.07, 6.45) is 3.03. The molecule has 5 heteroatoms. The highest BCUT2D eigenvalue weighted by atomic mass is 32.2. The Bertz CT molecular complexity index is 1020. The largest absolute Gasteiger partial charge is 0.344 e. The Kier molecular flexibility index (Phi) is 4.09. The van der Waals surface area contributed by atoms with E-state index in [0.717, 1.165) is 21.6 Å². The lowest BCUT2D eigenvalue weighted by Crippen LogP contribution is -2.23. The summed E-state index contributed by atoms with van der Waals surface area (Å²) >= 11 is 1.72. The molecule has 0 amide bonds. The lowest BCUT2D eigenvalue weighted by Gasteiger charge is -2.23. The lowest BCUT2D eigenvalue weighted by atomic mass is 9.86. The van der Waals surface area contributed by atoms with Crippen LogP contribution in [0.4, 0.5) is 0 Å². The monoisotopic (exact) mass is 392 g/mol. The van der Waals surface area contributed by atoms with E-state index in [-0.39, 0.29) is 23.8 Å². The first-order chi connectivity index (χ1) is 13.4. The van der Waals surface area contributed by atoms with E-state index < -0.39 is 5.79 Å². The maximum Gasteiger partial charge on any atom is 0.187 e. The van der Waals surface area contributed by atoms with Gasteiger partial charge in [-0.05, 0) is 60.9 Å². The topological polar surface area (TPSA) is 52.6 Å². The van der Waals surface area contributed by atoms with Crippen LogP contribution in [0.2, 0.25) is 0 Å². The molecule has 28 heavy (non-hydrogen) atoms. The fourth-order valence-corrected chi connectivity index (χ4v) is 5.32. The quantitative estimate of drug-likeness (QED) is 0.711. The minimum absolute atomic E-state index is 0.104. The summed E-state index contributed by atoms with van der Waals surface area (Å²) in [5.74, 6) is -0.153. The Hall–Kier alpha value is -2.21. The minimum atomic E-state index is -0.646. The normalized spacial score (nSPS) is 24.2. The van der Waals surface area contributed by atoms with Crippen molar-refractivity contribution in [1.82, 2.24) is 0 Å². The highest BCUT2D eigenvalue weighted by molar-refractivity contribution is 7.98. The molecule has 0 N–H and O–H groups in total. The molecule has 4 nitrogen and oxygen atoms in total. The number of ether oxygens (including phenoxy) is 2. The maximum atomic E-state index is 12.6. The van der Waals surface area contributed by atoms with Crippen molar-refractivity contribution in [3.8, 4) is 0 Å². The average molecular weight is 392 g/mol. The number of fused-ring (bicyclic) bond motifs is 5. The van der Waals surface area contributed by atoms with Gasteiger partial charge in [0.05, 0.1) is 6.10 Å². The number of carbonyl (C=O) groups is 2. The molecular weight excluding hydrogens is 372 g/mol. The van der Waals surface area contributed by atoms with Crippen LogP contribution in [0.3, 0.4) is 0 Å². The minimum Gasteiger partial charge on any atom is -0.344 e. The van der Waals surface area contributed by atoms with E-state index in [2.05, 4.69) is 12.1 Å². The van der Waals surface area contributed by atoms with Crippen molar-refractivity contribution >= 4 is 23.3 Å². The van der Waals surface area contributed by atoms with E-state index in [0.29, 0.717) is 23.3 Å². The summed E-state index contributed by atoms with van der Waals surface area (Å²) in [5.41, 5.74) is 4.06. The second-order valence-corrected chi connectivity index (χ2v) is 8.86. The number of rotatable bonds is 3. The molecule has 2 atom stereocenters. The van der Waals surface area contributed by atoms with Gasteiger partial charge in [0.2, 0.25) is 0 Å². The highest BCUT2D eigenvalue weighted by Crippen LogP contribution is 2.50. The van der Waals surface area contributed by atoms with Crippen LogP contribution in [-0.4, -0.2) is 23.5 Å². The molecule has 2 aromatic rings. The first-order valence-corrected chi connectivity index (χ1v) is 10.4. The average Bonchev–Trinajstić information content (AvgIpc) is 3.15. The van der Waals surface area contributed by atoms with Crippen LogP contribution in [0, 0.1) is 0 Å². The van der Waals surface area contributed by atoms with E-state index in [1.807, 2.05) is 38.1 Å². The van der Waals surface area contributed by atoms with Crippen LogP contribution < -0.4 is 0 Å². The third kappa shape index (κ3) is 2.85. The second-order valence-electron chi connectivity index (χ2n) is 7.81. The van der Waals surface area contributed by atoms with Gasteiger partial charge in [-0.3, -0.25) is 9.59 Å². The molecule has 2 aromatic carbocycles. The molecule has 142 valence electrons. The van der Waals surface area contributed by atoms with Gasteiger partial charge in [0, 0.05) is 28.2 Å². The van der Waals surface area contributed by atoms with Gasteiger partial charge in [0.25, 0.3) is 0 Å². The summed E-state index contributed by atoms with van der Waals surface area (Å²) in [6.45, 7) is 3.83. The standard InChI is InChI=1S/C23H20O4S/c1-23(2)26-19-11-16-20(22(19)27-23)13(12-28-14-6-4-3-5-7-14)10-15-17(24)8-9-18(25)21(15)16/h3-10,19,22H,11-12H2,1-2H3. The van der Waals surface area contributed by atoms with E-state index in [9.17, 15) is 9.59 Å². The summed E-state index contributed by atoms with van der Waals surface area (Å²) in [5, 5.41) is 0. The number of thioether (sulfide) groups is 1. The summed E-state index contributed by atoms with van der Waals surface area (Å²) < 4.78 is 12.3. The van der Waals surface area contributed by atoms with Crippen molar-refractivity contribution in [2.75, 3.05) is 0 Å². The van der Waals surface area contributed by atoms with Gasteiger partial charge in [-0.15, -0.1) is 11.8 Å². The number of hydrogen-bond donors (Lipinski definition) is 0. The van der Waals surface area contributed by atoms with Crippen LogP contribution in [0.15, 0.2) is 53.4 Å². The third-order valence-electron chi connectivity index (χ3n) is 5.47. The Morgan fingerprint density at radius 2 is 1.82 bits per heavy atom. The van der Waals surface area contributed by atoms with Crippen LogP contribution >= 0.6 is 11.8 Å². The molecule has 2 aliphatic carbocycles. The van der Waals surface area contributed by atoms with Crippen molar-refractivity contribution in [3.05, 3.63) is 76.4 Å². The third-order valence-corrected chi connectivity index (χ3v) is 6.53. The molecule has 1 aliphatic heterocycles. The van der Waals surface area contributed by atoms with Crippen LogP contribution in [-0.2, 0) is 21.6 Å². The number of hydrogen-bond acceptors (Lipinski definition) is 5. The van der Waals surface area contributed by atoms with Crippen LogP contribution in [0.1, 0.15) is 57.4 Å². The highest BCUT2D eigenvalue weighted by Gasteiger charge is 2.49.